The van der Waals surface area contributed by atoms with E-state index >= 15 is 0 Å². The molecule has 4 rings (SSSR count). The van der Waals surface area contributed by atoms with Gasteiger partial charge in [0.2, 0.25) is 6.10 Å². The molecule has 1 saturated heterocycles. The lowest BCUT2D eigenvalue weighted by atomic mass is 9.89. The summed E-state index contributed by atoms with van der Waals surface area (Å²) >= 11 is 6.35. The number of nitrogens with zero attached hydrogens (tertiary/aromatic N) is 1. The summed E-state index contributed by atoms with van der Waals surface area (Å²) in [6, 6.07) is 23.0. The normalized spacial score (nSPS) is 18.1. The smallest absolute Gasteiger partial charge is 0.337 e. The Hall–Kier alpha value is -3.31. The third kappa shape index (κ3) is 3.57. The first kappa shape index (κ1) is 19.0. The van der Waals surface area contributed by atoms with Gasteiger partial charge in [-0.2, -0.15) is 0 Å². The Bertz CT molecular complexity index is 1040. The Balaban J connectivity index is 1.70. The third-order valence-corrected chi connectivity index (χ3v) is 5.16. The molecule has 0 N–H and O–H groups in total. The van der Waals surface area contributed by atoms with E-state index in [2.05, 4.69) is 0 Å². The first-order chi connectivity index (χ1) is 14.1. The van der Waals surface area contributed by atoms with Crippen LogP contribution >= 0.6 is 11.6 Å². The molecule has 1 heterocycles. The van der Waals surface area contributed by atoms with E-state index in [0.717, 1.165) is 5.56 Å². The summed E-state index contributed by atoms with van der Waals surface area (Å²) in [5.74, 6) is 0.0196. The van der Waals surface area contributed by atoms with Gasteiger partial charge in [-0.3, -0.25) is 9.69 Å². The molecule has 0 spiro atoms. The molecule has 1 fully saturated rings. The number of esters is 1. The van der Waals surface area contributed by atoms with Gasteiger partial charge in [-0.05, 0) is 42.0 Å². The largest absolute Gasteiger partial charge is 0.478 e. The Labute approximate surface area is 173 Å². The van der Waals surface area contributed by atoms with Crippen LogP contribution in [0.3, 0.4) is 0 Å². The number of hydrogen-bond donors (Lipinski definition) is 0. The number of carbonyl (C=O) groups is 2. The monoisotopic (exact) mass is 407 g/mol. The van der Waals surface area contributed by atoms with Crippen molar-refractivity contribution >= 4 is 29.2 Å². The number of amides is 1. The number of ether oxygens (including phenoxy) is 2. The standard InChI is InChI=1S/C23H18ClNO4/c1-28-23(27)16-13-11-15(12-14-16)20-21(29-17-7-3-2-4-8-17)22(26)25(20)19-10-6-5-9-18(19)24/h2-14,20-21H,1H3. The molecule has 2 atom stereocenters. The number of methoxy groups -OCH3 is 1. The minimum absolute atomic E-state index is 0.177. The van der Waals surface area contributed by atoms with Gasteiger partial charge in [-0.25, -0.2) is 4.79 Å². The lowest BCUT2D eigenvalue weighted by Crippen LogP contribution is -2.61. The van der Waals surface area contributed by atoms with Gasteiger partial charge in [0.15, 0.2) is 0 Å². The topological polar surface area (TPSA) is 55.8 Å². The highest BCUT2D eigenvalue weighted by molar-refractivity contribution is 6.34. The van der Waals surface area contributed by atoms with Gasteiger partial charge in [-0.15, -0.1) is 0 Å². The van der Waals surface area contributed by atoms with Crippen LogP contribution in [0.15, 0.2) is 78.9 Å². The second-order valence-electron chi connectivity index (χ2n) is 6.57. The van der Waals surface area contributed by atoms with Crippen LogP contribution in [0.4, 0.5) is 5.69 Å². The quantitative estimate of drug-likeness (QED) is 0.456. The summed E-state index contributed by atoms with van der Waals surface area (Å²) < 4.78 is 10.7. The first-order valence-electron chi connectivity index (χ1n) is 9.07. The molecule has 29 heavy (non-hydrogen) atoms. The number of rotatable bonds is 5. The maximum absolute atomic E-state index is 13.0. The molecule has 1 amide bonds. The third-order valence-electron chi connectivity index (χ3n) is 4.84. The van der Waals surface area contributed by atoms with Crippen molar-refractivity contribution in [1.29, 1.82) is 0 Å². The van der Waals surface area contributed by atoms with Crippen molar-refractivity contribution in [2.24, 2.45) is 0 Å². The Morgan fingerprint density at radius 2 is 1.59 bits per heavy atom. The summed E-state index contributed by atoms with van der Waals surface area (Å²) in [6.07, 6.45) is -0.697. The number of para-hydroxylation sites is 2. The maximum Gasteiger partial charge on any atom is 0.337 e. The summed E-state index contributed by atoms with van der Waals surface area (Å²) in [5.41, 5.74) is 1.89. The highest BCUT2D eigenvalue weighted by atomic mass is 35.5. The predicted octanol–water partition coefficient (Wildman–Crippen LogP) is 4.66. The SMILES string of the molecule is COC(=O)c1ccc(C2C(Oc3ccccc3)C(=O)N2c2ccccc2Cl)cc1. The average Bonchev–Trinajstić information content (AvgIpc) is 2.77. The highest BCUT2D eigenvalue weighted by Crippen LogP contribution is 2.43. The fourth-order valence-electron chi connectivity index (χ4n) is 3.40. The van der Waals surface area contributed by atoms with E-state index in [4.69, 9.17) is 21.1 Å². The molecule has 0 aromatic heterocycles. The van der Waals surface area contributed by atoms with Crippen molar-refractivity contribution in [2.45, 2.75) is 12.1 Å². The number of halogens is 1. The summed E-state index contributed by atoms with van der Waals surface area (Å²) in [5, 5.41) is 0.482. The van der Waals surface area contributed by atoms with E-state index in [1.807, 2.05) is 42.5 Å². The lowest BCUT2D eigenvalue weighted by molar-refractivity contribution is -0.135. The summed E-state index contributed by atoms with van der Waals surface area (Å²) in [6.45, 7) is 0. The van der Waals surface area contributed by atoms with Crippen molar-refractivity contribution in [3.05, 3.63) is 95.0 Å². The van der Waals surface area contributed by atoms with E-state index in [1.165, 1.54) is 7.11 Å². The minimum Gasteiger partial charge on any atom is -0.478 e. The van der Waals surface area contributed by atoms with Gasteiger partial charge in [0, 0.05) is 0 Å². The number of hydrogen-bond acceptors (Lipinski definition) is 4. The molecule has 3 aromatic carbocycles. The number of carbonyl (C=O) groups excluding carboxylic acids is 2. The van der Waals surface area contributed by atoms with Crippen molar-refractivity contribution < 1.29 is 19.1 Å². The average molecular weight is 408 g/mol. The molecule has 5 nitrogen and oxygen atoms in total. The second kappa shape index (κ2) is 7.97. The van der Waals surface area contributed by atoms with Gasteiger partial charge >= 0.3 is 5.97 Å². The molecule has 2 unspecified atom stereocenters. The molecule has 0 radical (unpaired) electrons. The number of benzene rings is 3. The molecule has 6 heteroatoms. The van der Waals surface area contributed by atoms with Crippen LogP contribution in [0.2, 0.25) is 5.02 Å². The van der Waals surface area contributed by atoms with Gasteiger partial charge < -0.3 is 9.47 Å². The zero-order chi connectivity index (χ0) is 20.4. The van der Waals surface area contributed by atoms with Crippen LogP contribution in [-0.4, -0.2) is 25.1 Å². The zero-order valence-corrected chi connectivity index (χ0v) is 16.4. The maximum atomic E-state index is 13.0. The summed E-state index contributed by atoms with van der Waals surface area (Å²) in [7, 11) is 1.34. The molecule has 0 saturated carbocycles. The van der Waals surface area contributed by atoms with Gasteiger partial charge in [0.1, 0.15) is 11.8 Å². The van der Waals surface area contributed by atoms with E-state index in [0.29, 0.717) is 22.0 Å². The first-order valence-corrected chi connectivity index (χ1v) is 9.45. The van der Waals surface area contributed by atoms with Crippen LogP contribution in [0, 0.1) is 0 Å². The second-order valence-corrected chi connectivity index (χ2v) is 6.98. The molecular formula is C23H18ClNO4. The summed E-state index contributed by atoms with van der Waals surface area (Å²) in [4.78, 5) is 26.4. The molecule has 146 valence electrons. The van der Waals surface area contributed by atoms with E-state index in [1.54, 1.807) is 41.3 Å². The number of anilines is 1. The highest BCUT2D eigenvalue weighted by Gasteiger charge is 2.51. The van der Waals surface area contributed by atoms with Gasteiger partial charge in [0.05, 0.1) is 23.4 Å². The van der Waals surface area contributed by atoms with Crippen LogP contribution < -0.4 is 9.64 Å². The molecule has 1 aliphatic heterocycles. The molecule has 0 bridgehead atoms. The van der Waals surface area contributed by atoms with Crippen LogP contribution in [0.25, 0.3) is 0 Å². The van der Waals surface area contributed by atoms with Crippen molar-refractivity contribution in [3.8, 4) is 5.75 Å². The van der Waals surface area contributed by atoms with Crippen LogP contribution in [-0.2, 0) is 9.53 Å². The predicted molar refractivity (Wildman–Crippen MR) is 110 cm³/mol. The van der Waals surface area contributed by atoms with E-state index in [9.17, 15) is 9.59 Å². The van der Waals surface area contributed by atoms with Crippen molar-refractivity contribution in [3.63, 3.8) is 0 Å². The van der Waals surface area contributed by atoms with E-state index < -0.39 is 12.1 Å². The fourth-order valence-corrected chi connectivity index (χ4v) is 3.62. The van der Waals surface area contributed by atoms with Crippen molar-refractivity contribution in [2.75, 3.05) is 12.0 Å². The number of β-lactam (4-membered cyclic amide) rings is 1. The molecule has 1 aliphatic rings. The zero-order valence-electron chi connectivity index (χ0n) is 15.6. The molecular weight excluding hydrogens is 390 g/mol. The van der Waals surface area contributed by atoms with Crippen LogP contribution in [0.1, 0.15) is 22.0 Å². The lowest BCUT2D eigenvalue weighted by Gasteiger charge is -2.47. The Morgan fingerprint density at radius 3 is 2.24 bits per heavy atom. The molecule has 3 aromatic rings. The fraction of sp³-hybridized carbons (Fsp3) is 0.130. The molecule has 0 aliphatic carbocycles. The van der Waals surface area contributed by atoms with E-state index in [-0.39, 0.29) is 11.9 Å². The minimum atomic E-state index is -0.697. The van der Waals surface area contributed by atoms with Gasteiger partial charge in [0.25, 0.3) is 5.91 Å². The Kier molecular flexibility index (Phi) is 5.23. The Morgan fingerprint density at radius 1 is 0.931 bits per heavy atom. The van der Waals surface area contributed by atoms with Crippen LogP contribution in [0.5, 0.6) is 5.75 Å². The van der Waals surface area contributed by atoms with Gasteiger partial charge in [-0.1, -0.05) is 54.1 Å². The van der Waals surface area contributed by atoms with Crippen molar-refractivity contribution in [1.82, 2.24) is 0 Å².